The molecule has 2 aromatic heterocycles. The van der Waals surface area contributed by atoms with Crippen LogP contribution in [0.1, 0.15) is 31.5 Å². The molecule has 1 aliphatic rings. The highest BCUT2D eigenvalue weighted by Gasteiger charge is 2.28. The first-order chi connectivity index (χ1) is 10.2. The van der Waals surface area contributed by atoms with Crippen molar-refractivity contribution in [2.45, 2.75) is 38.3 Å². The van der Waals surface area contributed by atoms with E-state index in [4.69, 9.17) is 4.52 Å². The van der Waals surface area contributed by atoms with Crippen LogP contribution >= 0.6 is 11.3 Å². The fourth-order valence-electron chi connectivity index (χ4n) is 2.64. The molecule has 1 atom stereocenters. The molecule has 21 heavy (non-hydrogen) atoms. The highest BCUT2D eigenvalue weighted by molar-refractivity contribution is 7.08. The van der Waals surface area contributed by atoms with Gasteiger partial charge in [0.15, 0.2) is 5.82 Å². The number of aliphatic carboxylic acids is 1. The molecular weight excluding hydrogens is 290 g/mol. The van der Waals surface area contributed by atoms with Crippen molar-refractivity contribution in [2.24, 2.45) is 0 Å². The van der Waals surface area contributed by atoms with E-state index in [9.17, 15) is 9.90 Å². The Bertz CT molecular complexity index is 596. The minimum absolute atomic E-state index is 0.421. The number of hydrogen-bond donors (Lipinski definition) is 1. The van der Waals surface area contributed by atoms with Crippen molar-refractivity contribution in [1.82, 2.24) is 15.0 Å². The second-order valence-corrected chi connectivity index (χ2v) is 5.98. The van der Waals surface area contributed by atoms with Crippen molar-refractivity contribution in [2.75, 3.05) is 6.54 Å². The Morgan fingerprint density at radius 2 is 2.38 bits per heavy atom. The first-order valence-electron chi connectivity index (χ1n) is 7.06. The molecule has 0 aliphatic carbocycles. The Hall–Kier alpha value is -1.73. The van der Waals surface area contributed by atoms with Crippen LogP contribution in [-0.2, 0) is 11.3 Å². The van der Waals surface area contributed by atoms with Gasteiger partial charge in [0, 0.05) is 5.38 Å². The average Bonchev–Trinajstić information content (AvgIpc) is 3.07. The van der Waals surface area contributed by atoms with Crippen molar-refractivity contribution in [3.8, 4) is 11.5 Å². The molecule has 1 N–H and O–H groups in total. The molecule has 0 radical (unpaired) electrons. The molecule has 1 unspecified atom stereocenters. The molecule has 0 amide bonds. The van der Waals surface area contributed by atoms with Gasteiger partial charge in [-0.15, -0.1) is 0 Å². The zero-order chi connectivity index (χ0) is 14.7. The average molecular weight is 307 g/mol. The van der Waals surface area contributed by atoms with Gasteiger partial charge in [0.1, 0.15) is 6.04 Å². The summed E-state index contributed by atoms with van der Waals surface area (Å²) in [4.78, 5) is 17.7. The molecule has 3 rings (SSSR count). The first-order valence-corrected chi connectivity index (χ1v) is 8.00. The fourth-order valence-corrected chi connectivity index (χ4v) is 3.27. The Morgan fingerprint density at radius 1 is 1.48 bits per heavy atom. The highest BCUT2D eigenvalue weighted by atomic mass is 32.1. The summed E-state index contributed by atoms with van der Waals surface area (Å²) >= 11 is 1.57. The maximum absolute atomic E-state index is 11.4. The predicted molar refractivity (Wildman–Crippen MR) is 77.9 cm³/mol. The van der Waals surface area contributed by atoms with Crippen LogP contribution in [-0.4, -0.2) is 38.7 Å². The summed E-state index contributed by atoms with van der Waals surface area (Å²) in [7, 11) is 0. The summed E-state index contributed by atoms with van der Waals surface area (Å²) in [5, 5.41) is 17.2. The maximum Gasteiger partial charge on any atom is 0.320 e. The van der Waals surface area contributed by atoms with E-state index >= 15 is 0 Å². The van der Waals surface area contributed by atoms with Gasteiger partial charge in [0.2, 0.25) is 0 Å². The lowest BCUT2D eigenvalue weighted by atomic mass is 10.1. The summed E-state index contributed by atoms with van der Waals surface area (Å²) in [5.74, 6) is 0.274. The van der Waals surface area contributed by atoms with Gasteiger partial charge in [-0.3, -0.25) is 9.69 Å². The number of carboxylic acid groups (broad SMARTS) is 1. The number of carboxylic acids is 1. The van der Waals surface area contributed by atoms with Gasteiger partial charge in [-0.2, -0.15) is 16.3 Å². The Kier molecular flexibility index (Phi) is 4.31. The number of rotatable bonds is 4. The predicted octanol–water partition coefficient (Wildman–Crippen LogP) is 2.63. The van der Waals surface area contributed by atoms with Gasteiger partial charge < -0.3 is 9.63 Å². The van der Waals surface area contributed by atoms with Gasteiger partial charge in [-0.25, -0.2) is 0 Å². The molecule has 0 bridgehead atoms. The van der Waals surface area contributed by atoms with E-state index in [1.54, 1.807) is 11.3 Å². The zero-order valence-corrected chi connectivity index (χ0v) is 12.4. The van der Waals surface area contributed by atoms with E-state index in [1.165, 1.54) is 0 Å². The van der Waals surface area contributed by atoms with Crippen LogP contribution < -0.4 is 0 Å². The van der Waals surface area contributed by atoms with Crippen LogP contribution in [0.15, 0.2) is 21.3 Å². The molecule has 7 heteroatoms. The second-order valence-electron chi connectivity index (χ2n) is 5.20. The maximum atomic E-state index is 11.4. The minimum Gasteiger partial charge on any atom is -0.480 e. The van der Waals surface area contributed by atoms with E-state index in [0.717, 1.165) is 31.4 Å². The standard InChI is InChI=1S/C14H17N3O3S/c18-14(19)11-4-2-1-3-6-17(11)8-12-15-13(20-16-12)10-5-7-21-9-10/h5,7,9,11H,1-4,6,8H2,(H,18,19). The fraction of sp³-hybridized carbons (Fsp3) is 0.500. The molecule has 0 spiro atoms. The van der Waals surface area contributed by atoms with Crippen LogP contribution in [0.3, 0.4) is 0 Å². The largest absolute Gasteiger partial charge is 0.480 e. The number of aromatic nitrogens is 2. The van der Waals surface area contributed by atoms with Crippen molar-refractivity contribution in [1.29, 1.82) is 0 Å². The molecule has 2 aromatic rings. The molecule has 1 fully saturated rings. The van der Waals surface area contributed by atoms with E-state index in [-0.39, 0.29) is 0 Å². The molecule has 1 saturated heterocycles. The third-order valence-electron chi connectivity index (χ3n) is 3.73. The van der Waals surface area contributed by atoms with Crippen LogP contribution in [0.25, 0.3) is 11.5 Å². The number of likely N-dealkylation sites (tertiary alicyclic amines) is 1. The van der Waals surface area contributed by atoms with Crippen molar-refractivity contribution >= 4 is 17.3 Å². The number of thiophene rings is 1. The first kappa shape index (κ1) is 14.2. The quantitative estimate of drug-likeness (QED) is 0.935. The van der Waals surface area contributed by atoms with Crippen LogP contribution in [0, 0.1) is 0 Å². The topological polar surface area (TPSA) is 79.5 Å². The lowest BCUT2D eigenvalue weighted by molar-refractivity contribution is -0.143. The number of nitrogens with zero attached hydrogens (tertiary/aromatic N) is 3. The monoisotopic (exact) mass is 307 g/mol. The van der Waals surface area contributed by atoms with Gasteiger partial charge in [0.25, 0.3) is 5.89 Å². The van der Waals surface area contributed by atoms with Crippen LogP contribution in [0.2, 0.25) is 0 Å². The number of hydrogen-bond acceptors (Lipinski definition) is 6. The SMILES string of the molecule is O=C(O)C1CCCCCN1Cc1noc(-c2ccsc2)n1. The lowest BCUT2D eigenvalue weighted by Gasteiger charge is -2.24. The normalized spacial score (nSPS) is 20.3. The zero-order valence-electron chi connectivity index (χ0n) is 11.6. The molecule has 3 heterocycles. The van der Waals surface area contributed by atoms with Gasteiger partial charge >= 0.3 is 5.97 Å². The summed E-state index contributed by atoms with van der Waals surface area (Å²) in [5.41, 5.74) is 0.907. The molecule has 1 aliphatic heterocycles. The van der Waals surface area contributed by atoms with Crippen molar-refractivity contribution < 1.29 is 14.4 Å². The summed E-state index contributed by atoms with van der Waals surface area (Å²) in [6.45, 7) is 1.18. The molecule has 6 nitrogen and oxygen atoms in total. The summed E-state index contributed by atoms with van der Waals surface area (Å²) < 4.78 is 5.25. The van der Waals surface area contributed by atoms with Gasteiger partial charge in [-0.1, -0.05) is 18.0 Å². The summed E-state index contributed by atoms with van der Waals surface area (Å²) in [6, 6.07) is 1.48. The van der Waals surface area contributed by atoms with Gasteiger partial charge in [-0.05, 0) is 30.8 Å². The van der Waals surface area contributed by atoms with E-state index in [1.807, 2.05) is 21.7 Å². The smallest absolute Gasteiger partial charge is 0.320 e. The van der Waals surface area contributed by atoms with Crippen LogP contribution in [0.4, 0.5) is 0 Å². The van der Waals surface area contributed by atoms with E-state index in [2.05, 4.69) is 10.1 Å². The lowest BCUT2D eigenvalue weighted by Crippen LogP contribution is -2.40. The molecule has 112 valence electrons. The molecular formula is C14H17N3O3S. The van der Waals surface area contributed by atoms with Crippen molar-refractivity contribution in [3.05, 3.63) is 22.7 Å². The van der Waals surface area contributed by atoms with Crippen LogP contribution in [0.5, 0.6) is 0 Å². The van der Waals surface area contributed by atoms with Crippen molar-refractivity contribution in [3.63, 3.8) is 0 Å². The Labute approximate surface area is 126 Å². The molecule has 0 aromatic carbocycles. The highest BCUT2D eigenvalue weighted by Crippen LogP contribution is 2.22. The summed E-state index contributed by atoms with van der Waals surface area (Å²) in [6.07, 6.45) is 3.73. The third-order valence-corrected chi connectivity index (χ3v) is 4.41. The minimum atomic E-state index is -0.765. The Morgan fingerprint density at radius 3 is 3.14 bits per heavy atom. The third kappa shape index (κ3) is 3.30. The Balaban J connectivity index is 1.73. The van der Waals surface area contributed by atoms with E-state index in [0.29, 0.717) is 24.7 Å². The second kappa shape index (κ2) is 6.36. The van der Waals surface area contributed by atoms with Gasteiger partial charge in [0.05, 0.1) is 12.1 Å². The van der Waals surface area contributed by atoms with E-state index < -0.39 is 12.0 Å². The molecule has 0 saturated carbocycles. The number of carbonyl (C=O) groups is 1.